The first-order valence-corrected chi connectivity index (χ1v) is 6.90. The van der Waals surface area contributed by atoms with Gasteiger partial charge in [-0.3, -0.25) is 0 Å². The summed E-state index contributed by atoms with van der Waals surface area (Å²) in [4.78, 5) is 10.2. The van der Waals surface area contributed by atoms with Crippen LogP contribution in [0.1, 0.15) is 39.5 Å². The SMILES string of the molecule is CC/C(F)=C(/CC)[Se]CCCC(=O)O. The number of carboxylic acids is 1. The summed E-state index contributed by atoms with van der Waals surface area (Å²) in [5.41, 5.74) is 0. The second-order valence-electron chi connectivity index (χ2n) is 2.88. The topological polar surface area (TPSA) is 37.3 Å². The average Bonchev–Trinajstić information content (AvgIpc) is 2.16. The number of carboxylic acid groups (broad SMARTS) is 1. The van der Waals surface area contributed by atoms with Crippen LogP contribution in [0.25, 0.3) is 0 Å². The number of allylic oxidation sites excluding steroid dienone is 2. The van der Waals surface area contributed by atoms with E-state index in [1.165, 1.54) is 0 Å². The van der Waals surface area contributed by atoms with Gasteiger partial charge in [-0.05, 0) is 0 Å². The van der Waals surface area contributed by atoms with E-state index < -0.39 is 5.97 Å². The Morgan fingerprint density at radius 2 is 2.00 bits per heavy atom. The van der Waals surface area contributed by atoms with Crippen molar-refractivity contribution in [3.63, 3.8) is 0 Å². The fraction of sp³-hybridized carbons (Fsp3) is 0.700. The Bertz CT molecular complexity index is 214. The molecular formula is C10H17FO2Se. The molecule has 0 atom stereocenters. The van der Waals surface area contributed by atoms with E-state index in [2.05, 4.69) is 0 Å². The van der Waals surface area contributed by atoms with E-state index in [4.69, 9.17) is 5.11 Å². The van der Waals surface area contributed by atoms with Crippen molar-refractivity contribution in [3.8, 4) is 0 Å². The second-order valence-corrected chi connectivity index (χ2v) is 5.38. The van der Waals surface area contributed by atoms with E-state index in [9.17, 15) is 9.18 Å². The van der Waals surface area contributed by atoms with E-state index in [1.807, 2.05) is 6.92 Å². The van der Waals surface area contributed by atoms with Crippen LogP contribution in [0.4, 0.5) is 4.39 Å². The van der Waals surface area contributed by atoms with Crippen molar-refractivity contribution < 1.29 is 14.3 Å². The van der Waals surface area contributed by atoms with Crippen molar-refractivity contribution in [2.24, 2.45) is 0 Å². The number of rotatable bonds is 7. The van der Waals surface area contributed by atoms with Crippen LogP contribution < -0.4 is 0 Å². The Labute approximate surface area is 90.7 Å². The Hall–Kier alpha value is -0.341. The summed E-state index contributed by atoms with van der Waals surface area (Å²) in [7, 11) is 0. The molecule has 82 valence electrons. The van der Waals surface area contributed by atoms with Gasteiger partial charge in [0.05, 0.1) is 0 Å². The molecule has 1 N–H and O–H groups in total. The molecule has 0 aromatic heterocycles. The second kappa shape index (κ2) is 8.01. The molecule has 0 rings (SSSR count). The molecule has 0 heterocycles. The van der Waals surface area contributed by atoms with Crippen molar-refractivity contribution in [2.45, 2.75) is 44.9 Å². The first-order chi connectivity index (χ1) is 6.61. The van der Waals surface area contributed by atoms with E-state index in [0.717, 1.165) is 16.2 Å². The normalized spacial score (nSPS) is 12.5. The quantitative estimate of drug-likeness (QED) is 0.568. The van der Waals surface area contributed by atoms with Crippen molar-refractivity contribution in [2.75, 3.05) is 0 Å². The van der Waals surface area contributed by atoms with Crippen LogP contribution in [-0.4, -0.2) is 26.0 Å². The molecule has 0 amide bonds. The Kier molecular flexibility index (Phi) is 7.81. The van der Waals surface area contributed by atoms with E-state index in [1.54, 1.807) is 6.92 Å². The van der Waals surface area contributed by atoms with Crippen LogP contribution in [0, 0.1) is 0 Å². The van der Waals surface area contributed by atoms with Gasteiger partial charge in [-0.2, -0.15) is 0 Å². The number of aliphatic carboxylic acids is 1. The predicted molar refractivity (Wildman–Crippen MR) is 56.1 cm³/mol. The van der Waals surface area contributed by atoms with Crippen LogP contribution in [0.3, 0.4) is 0 Å². The Morgan fingerprint density at radius 3 is 2.43 bits per heavy atom. The Morgan fingerprint density at radius 1 is 1.36 bits per heavy atom. The minimum atomic E-state index is -0.765. The number of hydrogen-bond donors (Lipinski definition) is 1. The van der Waals surface area contributed by atoms with Crippen LogP contribution in [-0.2, 0) is 4.79 Å². The molecule has 0 spiro atoms. The fourth-order valence-electron chi connectivity index (χ4n) is 0.988. The van der Waals surface area contributed by atoms with Gasteiger partial charge in [0.15, 0.2) is 0 Å². The third-order valence-electron chi connectivity index (χ3n) is 1.75. The zero-order chi connectivity index (χ0) is 11.0. The van der Waals surface area contributed by atoms with Crippen LogP contribution in [0.15, 0.2) is 10.3 Å². The molecule has 0 unspecified atom stereocenters. The molecule has 0 aliphatic heterocycles. The number of halogens is 1. The third-order valence-corrected chi connectivity index (χ3v) is 4.58. The molecule has 0 aromatic carbocycles. The molecule has 0 saturated carbocycles. The van der Waals surface area contributed by atoms with Crippen LogP contribution in [0.2, 0.25) is 5.32 Å². The van der Waals surface area contributed by atoms with Crippen molar-refractivity contribution in [1.29, 1.82) is 0 Å². The summed E-state index contributed by atoms with van der Waals surface area (Å²) < 4.78 is 14.1. The van der Waals surface area contributed by atoms with Crippen molar-refractivity contribution in [3.05, 3.63) is 10.3 Å². The standard InChI is InChI=1S/C10H17FO2Se/c1-3-8(11)9(4-2)14-7-5-6-10(12)13/h3-7H2,1-2H3,(H,12,13)/b9-8+. The first-order valence-electron chi connectivity index (χ1n) is 4.83. The molecule has 2 nitrogen and oxygen atoms in total. The van der Waals surface area contributed by atoms with Gasteiger partial charge in [0, 0.05) is 0 Å². The molecule has 0 fully saturated rings. The van der Waals surface area contributed by atoms with E-state index in [-0.39, 0.29) is 27.2 Å². The molecule has 4 heteroatoms. The van der Waals surface area contributed by atoms with Gasteiger partial charge in [0.2, 0.25) is 0 Å². The fourth-order valence-corrected chi connectivity index (χ4v) is 3.17. The summed E-state index contributed by atoms with van der Waals surface area (Å²) in [6, 6.07) is 0. The number of carbonyl (C=O) groups is 1. The summed E-state index contributed by atoms with van der Waals surface area (Å²) >= 11 is 0.143. The zero-order valence-corrected chi connectivity index (χ0v) is 10.4. The van der Waals surface area contributed by atoms with Crippen molar-refractivity contribution in [1.82, 2.24) is 0 Å². The summed E-state index contributed by atoms with van der Waals surface area (Å²) in [6.45, 7) is 3.75. The molecule has 0 aromatic rings. The molecule has 0 aliphatic rings. The zero-order valence-electron chi connectivity index (χ0n) is 8.68. The van der Waals surface area contributed by atoms with Crippen LogP contribution in [0.5, 0.6) is 0 Å². The van der Waals surface area contributed by atoms with Gasteiger partial charge in [-0.15, -0.1) is 0 Å². The maximum atomic E-state index is 13.2. The van der Waals surface area contributed by atoms with Gasteiger partial charge in [0.25, 0.3) is 0 Å². The summed E-state index contributed by atoms with van der Waals surface area (Å²) in [5.74, 6) is -0.762. The molecule has 0 saturated heterocycles. The van der Waals surface area contributed by atoms with Crippen molar-refractivity contribution >= 4 is 20.9 Å². The maximum absolute atomic E-state index is 13.2. The van der Waals surface area contributed by atoms with Crippen LogP contribution >= 0.6 is 0 Å². The molecule has 14 heavy (non-hydrogen) atoms. The predicted octanol–water partition coefficient (Wildman–Crippen LogP) is 2.97. The minimum absolute atomic E-state index is 0.00262. The summed E-state index contributed by atoms with van der Waals surface area (Å²) in [5, 5.41) is 9.24. The molecule has 0 radical (unpaired) electrons. The molecular weight excluding hydrogens is 250 g/mol. The monoisotopic (exact) mass is 268 g/mol. The third kappa shape index (κ3) is 6.16. The van der Waals surface area contributed by atoms with Gasteiger partial charge in [-0.1, -0.05) is 0 Å². The van der Waals surface area contributed by atoms with E-state index >= 15 is 0 Å². The van der Waals surface area contributed by atoms with Gasteiger partial charge in [-0.25, -0.2) is 0 Å². The van der Waals surface area contributed by atoms with E-state index in [0.29, 0.717) is 12.8 Å². The van der Waals surface area contributed by atoms with Gasteiger partial charge >= 0.3 is 90.4 Å². The Balaban J connectivity index is 3.80. The summed E-state index contributed by atoms with van der Waals surface area (Å²) in [6.07, 6.45) is 2.08. The van der Waals surface area contributed by atoms with Gasteiger partial charge in [0.1, 0.15) is 0 Å². The molecule has 0 bridgehead atoms. The first kappa shape index (κ1) is 13.7. The number of hydrogen-bond acceptors (Lipinski definition) is 1. The molecule has 0 aliphatic carbocycles. The van der Waals surface area contributed by atoms with Gasteiger partial charge < -0.3 is 0 Å². The average molecular weight is 267 g/mol.